The number of aromatic amines is 1. The van der Waals surface area contributed by atoms with Gasteiger partial charge in [-0.3, -0.25) is 4.79 Å². The monoisotopic (exact) mass is 344 g/mol. The maximum atomic E-state index is 12.0. The lowest BCUT2D eigenvalue weighted by atomic mass is 10.2. The summed E-state index contributed by atoms with van der Waals surface area (Å²) < 4.78 is 5.41. The van der Waals surface area contributed by atoms with Crippen molar-refractivity contribution in [1.82, 2.24) is 15.3 Å². The first-order valence-corrected chi connectivity index (χ1v) is 6.56. The molecule has 1 aliphatic rings. The summed E-state index contributed by atoms with van der Waals surface area (Å²) >= 11 is 0. The third-order valence-corrected chi connectivity index (χ3v) is 3.14. The fraction of sp³-hybridized carbons (Fsp3) is 0.286. The van der Waals surface area contributed by atoms with Crippen molar-refractivity contribution in [2.75, 3.05) is 25.0 Å². The van der Waals surface area contributed by atoms with Crippen molar-refractivity contribution in [3.05, 3.63) is 36.7 Å². The zero-order chi connectivity index (χ0) is 13.8. The van der Waals surface area contributed by atoms with Gasteiger partial charge in [0.05, 0.1) is 6.61 Å². The minimum atomic E-state index is -0.423. The number of aromatic nitrogens is 2. The Morgan fingerprint density at radius 2 is 2.05 bits per heavy atom. The second-order valence-corrected chi connectivity index (χ2v) is 4.57. The molecule has 1 aromatic carbocycles. The van der Waals surface area contributed by atoms with E-state index in [1.807, 2.05) is 24.3 Å². The molecule has 0 spiro atoms. The summed E-state index contributed by atoms with van der Waals surface area (Å²) in [6.07, 6.45) is 3.06. The number of morpholine rings is 1. The van der Waals surface area contributed by atoms with Gasteiger partial charge in [-0.2, -0.15) is 0 Å². The Morgan fingerprint density at radius 3 is 2.64 bits per heavy atom. The van der Waals surface area contributed by atoms with Gasteiger partial charge >= 0.3 is 0 Å². The maximum absolute atomic E-state index is 12.0. The van der Waals surface area contributed by atoms with Crippen LogP contribution in [0.3, 0.4) is 0 Å². The van der Waals surface area contributed by atoms with E-state index in [0.717, 1.165) is 23.6 Å². The maximum Gasteiger partial charge on any atom is 0.254 e. The average molecular weight is 345 g/mol. The summed E-state index contributed by atoms with van der Waals surface area (Å²) in [6.45, 7) is 1.91. The highest BCUT2D eigenvalue weighted by molar-refractivity contribution is 5.94. The first-order valence-electron chi connectivity index (χ1n) is 6.56. The van der Waals surface area contributed by atoms with Crippen molar-refractivity contribution in [2.24, 2.45) is 0 Å². The van der Waals surface area contributed by atoms with Gasteiger partial charge in [0.15, 0.2) is 0 Å². The summed E-state index contributed by atoms with van der Waals surface area (Å²) in [5, 5.41) is 5.98. The van der Waals surface area contributed by atoms with E-state index in [-0.39, 0.29) is 30.7 Å². The van der Waals surface area contributed by atoms with E-state index in [1.54, 1.807) is 12.4 Å². The zero-order valence-electron chi connectivity index (χ0n) is 11.7. The topological polar surface area (TPSA) is 79.0 Å². The molecule has 1 amide bonds. The van der Waals surface area contributed by atoms with E-state index in [4.69, 9.17) is 4.74 Å². The van der Waals surface area contributed by atoms with Crippen molar-refractivity contribution in [1.29, 1.82) is 0 Å². The van der Waals surface area contributed by atoms with E-state index in [9.17, 15) is 4.79 Å². The zero-order valence-corrected chi connectivity index (χ0v) is 13.4. The fourth-order valence-electron chi connectivity index (χ4n) is 2.09. The van der Waals surface area contributed by atoms with Crippen LogP contribution in [-0.2, 0) is 9.53 Å². The molecule has 0 radical (unpaired) electrons. The third kappa shape index (κ3) is 4.45. The van der Waals surface area contributed by atoms with Crippen LogP contribution >= 0.6 is 24.8 Å². The van der Waals surface area contributed by atoms with Crippen molar-refractivity contribution in [2.45, 2.75) is 6.10 Å². The molecule has 6 nitrogen and oxygen atoms in total. The Hall–Kier alpha value is -1.60. The van der Waals surface area contributed by atoms with Crippen LogP contribution in [0, 0.1) is 0 Å². The number of nitrogens with zero attached hydrogens (tertiary/aromatic N) is 1. The largest absolute Gasteiger partial charge is 0.366 e. The van der Waals surface area contributed by atoms with Gasteiger partial charge < -0.3 is 20.4 Å². The molecular formula is C14H18Cl2N4O2. The number of imidazole rings is 1. The Balaban J connectivity index is 0.00000121. The highest BCUT2D eigenvalue weighted by Crippen LogP contribution is 2.17. The highest BCUT2D eigenvalue weighted by Gasteiger charge is 2.21. The molecule has 22 heavy (non-hydrogen) atoms. The number of nitrogens with one attached hydrogen (secondary N) is 3. The molecule has 1 aliphatic heterocycles. The number of anilines is 1. The van der Waals surface area contributed by atoms with Crippen LogP contribution in [-0.4, -0.2) is 41.7 Å². The molecule has 1 unspecified atom stereocenters. The molecule has 1 atom stereocenters. The highest BCUT2D eigenvalue weighted by atomic mass is 35.5. The Bertz CT molecular complexity index is 569. The molecule has 8 heteroatoms. The molecule has 0 aliphatic carbocycles. The van der Waals surface area contributed by atoms with Gasteiger partial charge in [-0.25, -0.2) is 4.98 Å². The third-order valence-electron chi connectivity index (χ3n) is 3.14. The lowest BCUT2D eigenvalue weighted by Gasteiger charge is -2.22. The molecule has 2 aromatic rings. The van der Waals surface area contributed by atoms with Gasteiger partial charge in [0.2, 0.25) is 0 Å². The van der Waals surface area contributed by atoms with Crippen molar-refractivity contribution >= 4 is 36.4 Å². The number of carbonyl (C=O) groups is 1. The lowest BCUT2D eigenvalue weighted by molar-refractivity contribution is -0.128. The normalized spacial score (nSPS) is 17.0. The van der Waals surface area contributed by atoms with Crippen molar-refractivity contribution in [3.8, 4) is 11.4 Å². The average Bonchev–Trinajstić information content (AvgIpc) is 3.03. The van der Waals surface area contributed by atoms with Gasteiger partial charge in [-0.15, -0.1) is 24.8 Å². The molecule has 3 N–H and O–H groups in total. The quantitative estimate of drug-likeness (QED) is 0.793. The summed E-state index contributed by atoms with van der Waals surface area (Å²) in [7, 11) is 0. The predicted octanol–water partition coefficient (Wildman–Crippen LogP) is 1.85. The number of amides is 1. The number of hydrogen-bond acceptors (Lipinski definition) is 4. The fourth-order valence-corrected chi connectivity index (χ4v) is 2.09. The SMILES string of the molecule is Cl.Cl.O=C(Nc1ccc(-c2ncc[nH]2)cc1)C1CNCCO1. The Morgan fingerprint density at radius 1 is 1.27 bits per heavy atom. The minimum absolute atomic E-state index is 0. The van der Waals surface area contributed by atoms with Crippen LogP contribution in [0.25, 0.3) is 11.4 Å². The molecule has 1 saturated heterocycles. The van der Waals surface area contributed by atoms with Gasteiger partial charge in [0, 0.05) is 36.7 Å². The summed E-state index contributed by atoms with van der Waals surface area (Å²) in [4.78, 5) is 19.2. The van der Waals surface area contributed by atoms with E-state index in [0.29, 0.717) is 13.2 Å². The number of ether oxygens (including phenoxy) is 1. The van der Waals surface area contributed by atoms with E-state index in [1.165, 1.54) is 0 Å². The smallest absolute Gasteiger partial charge is 0.254 e. The number of hydrogen-bond donors (Lipinski definition) is 3. The molecule has 2 heterocycles. The molecule has 0 bridgehead atoms. The van der Waals surface area contributed by atoms with E-state index >= 15 is 0 Å². The number of rotatable bonds is 3. The van der Waals surface area contributed by atoms with E-state index < -0.39 is 6.10 Å². The Kier molecular flexibility index (Phi) is 7.34. The summed E-state index contributed by atoms with van der Waals surface area (Å²) in [5.41, 5.74) is 1.73. The molecule has 120 valence electrons. The standard InChI is InChI=1S/C14H16N4O2.2ClH/c19-14(12-9-15-7-8-20-12)18-11-3-1-10(2-4-11)13-16-5-6-17-13;;/h1-6,12,15H,7-9H2,(H,16,17)(H,18,19);2*1H. The second kappa shape index (κ2) is 8.75. The van der Waals surface area contributed by atoms with Gasteiger partial charge in [-0.1, -0.05) is 0 Å². The van der Waals surface area contributed by atoms with Crippen molar-refractivity contribution < 1.29 is 9.53 Å². The van der Waals surface area contributed by atoms with Crippen molar-refractivity contribution in [3.63, 3.8) is 0 Å². The van der Waals surface area contributed by atoms with Gasteiger partial charge in [-0.05, 0) is 24.3 Å². The summed E-state index contributed by atoms with van der Waals surface area (Å²) in [5.74, 6) is 0.686. The number of halogens is 2. The van der Waals surface area contributed by atoms with Gasteiger partial charge in [0.25, 0.3) is 5.91 Å². The van der Waals surface area contributed by atoms with Crippen LogP contribution in [0.1, 0.15) is 0 Å². The van der Waals surface area contributed by atoms with Crippen LogP contribution in [0.4, 0.5) is 5.69 Å². The first-order chi connectivity index (χ1) is 9.83. The number of benzene rings is 1. The van der Waals surface area contributed by atoms with Crippen LogP contribution in [0.2, 0.25) is 0 Å². The van der Waals surface area contributed by atoms with Crippen LogP contribution in [0.15, 0.2) is 36.7 Å². The molecule has 3 rings (SSSR count). The van der Waals surface area contributed by atoms with Crippen LogP contribution < -0.4 is 10.6 Å². The Labute approximate surface area is 140 Å². The van der Waals surface area contributed by atoms with Crippen LogP contribution in [0.5, 0.6) is 0 Å². The summed E-state index contributed by atoms with van der Waals surface area (Å²) in [6, 6.07) is 7.53. The number of carbonyl (C=O) groups excluding carboxylic acids is 1. The minimum Gasteiger partial charge on any atom is -0.366 e. The molecule has 0 saturated carbocycles. The lowest BCUT2D eigenvalue weighted by Crippen LogP contribution is -2.45. The van der Waals surface area contributed by atoms with Gasteiger partial charge in [0.1, 0.15) is 11.9 Å². The molecule has 1 aromatic heterocycles. The molecular weight excluding hydrogens is 327 g/mol. The van der Waals surface area contributed by atoms with E-state index in [2.05, 4.69) is 20.6 Å². The second-order valence-electron chi connectivity index (χ2n) is 4.57. The predicted molar refractivity (Wildman–Crippen MR) is 89.8 cm³/mol. The first kappa shape index (κ1) is 18.4. The molecule has 1 fully saturated rings. The number of H-pyrrole nitrogens is 1.